The highest BCUT2D eigenvalue weighted by molar-refractivity contribution is 7.71. The molecule has 0 aliphatic carbocycles. The van der Waals surface area contributed by atoms with Crippen molar-refractivity contribution in [3.63, 3.8) is 0 Å². The molecule has 1 aromatic carbocycles. The smallest absolute Gasteiger partial charge is 0.214 e. The largest absolute Gasteiger partial charge is 0.335 e. The number of aromatic amines is 1. The maximum atomic E-state index is 5.75. The number of aromatic nitrogens is 3. The maximum absolute atomic E-state index is 5.75. The van der Waals surface area contributed by atoms with Crippen LogP contribution in [0.3, 0.4) is 0 Å². The Hall–Kier alpha value is -1.62. The first-order chi connectivity index (χ1) is 7.08. The Balaban J connectivity index is 2.63. The van der Waals surface area contributed by atoms with E-state index in [0.717, 1.165) is 5.56 Å². The molecule has 4 nitrogen and oxygen atoms in total. The van der Waals surface area contributed by atoms with Crippen molar-refractivity contribution in [2.24, 2.45) is 0 Å². The lowest BCUT2D eigenvalue weighted by atomic mass is 10.1. The fraction of sp³-hybridized carbons (Fsp3) is 0.200. The van der Waals surface area contributed by atoms with E-state index in [4.69, 9.17) is 18.1 Å². The number of hydrogen-bond donors (Lipinski definition) is 2. The van der Waals surface area contributed by atoms with Gasteiger partial charge in [0.05, 0.1) is 0 Å². The van der Waals surface area contributed by atoms with Gasteiger partial charge in [-0.1, -0.05) is 17.2 Å². The highest BCUT2D eigenvalue weighted by Gasteiger charge is 2.06. The molecular formula is C10H12N4S. The Morgan fingerprint density at radius 3 is 2.33 bits per heavy atom. The molecule has 0 bridgehead atoms. The van der Waals surface area contributed by atoms with E-state index in [1.165, 1.54) is 15.8 Å². The second kappa shape index (κ2) is 3.51. The lowest BCUT2D eigenvalue weighted by molar-refractivity contribution is 0.983. The summed E-state index contributed by atoms with van der Waals surface area (Å²) in [5, 5.41) is 6.75. The molecule has 0 aliphatic rings. The molecule has 1 aromatic heterocycles. The number of H-pyrrole nitrogens is 1. The number of nitrogens with zero attached hydrogens (tertiary/aromatic N) is 2. The van der Waals surface area contributed by atoms with Crippen molar-refractivity contribution in [1.82, 2.24) is 14.9 Å². The lowest BCUT2D eigenvalue weighted by Gasteiger charge is -2.03. The number of nitrogens with two attached hydrogens (primary N) is 1. The van der Waals surface area contributed by atoms with Crippen LogP contribution < -0.4 is 5.84 Å². The van der Waals surface area contributed by atoms with Crippen molar-refractivity contribution in [1.29, 1.82) is 0 Å². The third-order valence-electron chi connectivity index (χ3n) is 2.18. The summed E-state index contributed by atoms with van der Waals surface area (Å²) in [7, 11) is 0. The molecule has 0 amide bonds. The second-order valence-corrected chi connectivity index (χ2v) is 3.99. The summed E-state index contributed by atoms with van der Waals surface area (Å²) in [6, 6.07) is 6.16. The normalized spacial score (nSPS) is 10.5. The molecular weight excluding hydrogens is 208 g/mol. The van der Waals surface area contributed by atoms with E-state index in [1.54, 1.807) is 0 Å². The molecule has 0 unspecified atom stereocenters. The Morgan fingerprint density at radius 1 is 1.27 bits per heavy atom. The van der Waals surface area contributed by atoms with Gasteiger partial charge in [-0.25, -0.2) is 9.77 Å². The van der Waals surface area contributed by atoms with Crippen molar-refractivity contribution < 1.29 is 0 Å². The van der Waals surface area contributed by atoms with E-state index in [9.17, 15) is 0 Å². The molecule has 0 radical (unpaired) electrons. The van der Waals surface area contributed by atoms with E-state index >= 15 is 0 Å². The van der Waals surface area contributed by atoms with Gasteiger partial charge in [0.2, 0.25) is 4.77 Å². The van der Waals surface area contributed by atoms with Gasteiger partial charge in [0.1, 0.15) is 0 Å². The monoisotopic (exact) mass is 220 g/mol. The topological polar surface area (TPSA) is 59.6 Å². The van der Waals surface area contributed by atoms with Crippen LogP contribution in [0.2, 0.25) is 0 Å². The molecule has 15 heavy (non-hydrogen) atoms. The van der Waals surface area contributed by atoms with Crippen molar-refractivity contribution >= 4 is 12.2 Å². The average Bonchev–Trinajstić information content (AvgIpc) is 2.46. The van der Waals surface area contributed by atoms with E-state index in [1.807, 2.05) is 26.0 Å². The zero-order valence-electron chi connectivity index (χ0n) is 8.61. The van der Waals surface area contributed by atoms with Crippen LogP contribution in [0.5, 0.6) is 0 Å². The predicted octanol–water partition coefficient (Wildman–Crippen LogP) is 1.94. The summed E-state index contributed by atoms with van der Waals surface area (Å²) >= 11 is 4.96. The highest BCUT2D eigenvalue weighted by Crippen LogP contribution is 2.18. The van der Waals surface area contributed by atoms with Gasteiger partial charge >= 0.3 is 0 Å². The average molecular weight is 220 g/mol. The standard InChI is InChI=1S/C10H12N4S/c1-6-3-7(2)5-8(4-6)9-12-13-10(15)14(9)11/h3-5H,11H2,1-2H3,(H,13,15). The van der Waals surface area contributed by atoms with Crippen LogP contribution in [0.15, 0.2) is 18.2 Å². The molecule has 3 N–H and O–H groups in total. The van der Waals surface area contributed by atoms with Crippen LogP contribution in [-0.2, 0) is 0 Å². The fourth-order valence-electron chi connectivity index (χ4n) is 1.61. The zero-order chi connectivity index (χ0) is 11.0. The van der Waals surface area contributed by atoms with Gasteiger partial charge < -0.3 is 5.84 Å². The number of rotatable bonds is 1. The summed E-state index contributed by atoms with van der Waals surface area (Å²) in [5.74, 6) is 6.41. The summed E-state index contributed by atoms with van der Waals surface area (Å²) in [6.45, 7) is 4.08. The lowest BCUT2D eigenvalue weighted by Crippen LogP contribution is -2.10. The minimum Gasteiger partial charge on any atom is -0.335 e. The van der Waals surface area contributed by atoms with E-state index in [-0.39, 0.29) is 0 Å². The molecule has 0 spiro atoms. The Morgan fingerprint density at radius 2 is 1.87 bits per heavy atom. The summed E-state index contributed by atoms with van der Waals surface area (Å²) < 4.78 is 1.80. The summed E-state index contributed by atoms with van der Waals surface area (Å²) in [6.07, 6.45) is 0. The summed E-state index contributed by atoms with van der Waals surface area (Å²) in [4.78, 5) is 0. The molecule has 5 heteroatoms. The van der Waals surface area contributed by atoms with E-state index < -0.39 is 0 Å². The third-order valence-corrected chi connectivity index (χ3v) is 2.47. The van der Waals surface area contributed by atoms with Crippen LogP contribution in [-0.4, -0.2) is 14.9 Å². The molecule has 0 saturated carbocycles. The first-order valence-electron chi connectivity index (χ1n) is 4.59. The van der Waals surface area contributed by atoms with Crippen molar-refractivity contribution in [2.45, 2.75) is 13.8 Å². The van der Waals surface area contributed by atoms with Crippen LogP contribution >= 0.6 is 12.2 Å². The van der Waals surface area contributed by atoms with Crippen molar-refractivity contribution in [2.75, 3.05) is 5.84 Å². The Labute approximate surface area is 92.7 Å². The molecule has 0 atom stereocenters. The quantitative estimate of drug-likeness (QED) is 0.570. The Bertz CT molecular complexity index is 533. The van der Waals surface area contributed by atoms with Gasteiger partial charge in [-0.2, -0.15) is 5.10 Å². The first kappa shape index (κ1) is 9.92. The van der Waals surface area contributed by atoms with Crippen LogP contribution in [0.25, 0.3) is 11.4 Å². The Kier molecular flexibility index (Phi) is 2.32. The first-order valence-corrected chi connectivity index (χ1v) is 5.00. The zero-order valence-corrected chi connectivity index (χ0v) is 9.43. The van der Waals surface area contributed by atoms with Gasteiger partial charge in [-0.3, -0.25) is 0 Å². The van der Waals surface area contributed by atoms with E-state index in [0.29, 0.717) is 10.6 Å². The predicted molar refractivity (Wildman–Crippen MR) is 62.5 cm³/mol. The number of nitrogen functional groups attached to an aromatic ring is 1. The molecule has 0 aliphatic heterocycles. The molecule has 1 heterocycles. The highest BCUT2D eigenvalue weighted by atomic mass is 32.1. The molecule has 2 aromatic rings. The van der Waals surface area contributed by atoms with Gasteiger partial charge in [0, 0.05) is 5.56 Å². The number of benzene rings is 1. The van der Waals surface area contributed by atoms with E-state index in [2.05, 4.69) is 16.3 Å². The van der Waals surface area contributed by atoms with Crippen LogP contribution in [0.4, 0.5) is 0 Å². The molecule has 78 valence electrons. The minimum absolute atomic E-state index is 0.421. The van der Waals surface area contributed by atoms with Crippen LogP contribution in [0.1, 0.15) is 11.1 Å². The molecule has 0 saturated heterocycles. The van der Waals surface area contributed by atoms with Crippen molar-refractivity contribution in [3.8, 4) is 11.4 Å². The fourth-order valence-corrected chi connectivity index (χ4v) is 1.74. The van der Waals surface area contributed by atoms with Gasteiger partial charge in [-0.15, -0.1) is 0 Å². The summed E-state index contributed by atoms with van der Waals surface area (Å²) in [5.41, 5.74) is 3.33. The maximum Gasteiger partial charge on any atom is 0.214 e. The van der Waals surface area contributed by atoms with Gasteiger partial charge in [0.25, 0.3) is 0 Å². The van der Waals surface area contributed by atoms with Gasteiger partial charge in [0.15, 0.2) is 5.82 Å². The minimum atomic E-state index is 0.421. The number of aryl methyl sites for hydroxylation is 2. The van der Waals surface area contributed by atoms with Gasteiger partial charge in [-0.05, 0) is 38.2 Å². The van der Waals surface area contributed by atoms with Crippen LogP contribution in [0, 0.1) is 18.6 Å². The van der Waals surface area contributed by atoms with Crippen molar-refractivity contribution in [3.05, 3.63) is 34.1 Å². The number of nitrogens with one attached hydrogen (secondary N) is 1. The molecule has 0 fully saturated rings. The third kappa shape index (κ3) is 1.78. The second-order valence-electron chi connectivity index (χ2n) is 3.60. The molecule has 2 rings (SSSR count). The number of hydrogen-bond acceptors (Lipinski definition) is 3. The SMILES string of the molecule is Cc1cc(C)cc(-c2n[nH]c(=S)n2N)c1.